The van der Waals surface area contributed by atoms with Gasteiger partial charge in [0, 0.05) is 6.07 Å². The highest BCUT2D eigenvalue weighted by atomic mass is 35.5. The molecule has 0 aliphatic heterocycles. The van der Waals surface area contributed by atoms with E-state index in [4.69, 9.17) is 26.2 Å². The van der Waals surface area contributed by atoms with Crippen LogP contribution in [-0.2, 0) is 10.0 Å². The maximum atomic E-state index is 11.5. The zero-order valence-corrected chi connectivity index (χ0v) is 11.5. The van der Waals surface area contributed by atoms with Crippen LogP contribution in [0, 0.1) is 0 Å². The van der Waals surface area contributed by atoms with Crippen molar-refractivity contribution < 1.29 is 23.0 Å². The minimum absolute atomic E-state index is 0.191. The van der Waals surface area contributed by atoms with Gasteiger partial charge in [0.25, 0.3) is 0 Å². The van der Waals surface area contributed by atoms with E-state index in [2.05, 4.69) is 4.72 Å². The molecule has 102 valence electrons. The maximum Gasteiger partial charge on any atom is 0.235 e. The van der Waals surface area contributed by atoms with E-state index < -0.39 is 22.4 Å². The molecule has 18 heavy (non-hydrogen) atoms. The molecule has 6 nitrogen and oxygen atoms in total. The SMILES string of the molecule is COc1cc(OC)c(NS(=O)(=O)CCO)cc1Cl. The van der Waals surface area contributed by atoms with E-state index in [9.17, 15) is 8.42 Å². The number of benzene rings is 1. The molecule has 0 aliphatic carbocycles. The number of ether oxygens (including phenoxy) is 2. The lowest BCUT2D eigenvalue weighted by Crippen LogP contribution is -2.19. The van der Waals surface area contributed by atoms with Crippen molar-refractivity contribution in [3.63, 3.8) is 0 Å². The topological polar surface area (TPSA) is 84.9 Å². The van der Waals surface area contributed by atoms with Gasteiger partial charge in [-0.25, -0.2) is 8.42 Å². The number of aliphatic hydroxyl groups excluding tert-OH is 1. The molecule has 1 aromatic rings. The Labute approximate surface area is 111 Å². The van der Waals surface area contributed by atoms with Crippen molar-refractivity contribution in [2.24, 2.45) is 0 Å². The van der Waals surface area contributed by atoms with Crippen LogP contribution in [0.25, 0.3) is 0 Å². The average molecular weight is 296 g/mol. The Morgan fingerprint density at radius 2 is 1.89 bits per heavy atom. The molecule has 0 atom stereocenters. The molecule has 0 heterocycles. The number of rotatable bonds is 6. The van der Waals surface area contributed by atoms with E-state index in [0.29, 0.717) is 5.75 Å². The highest BCUT2D eigenvalue weighted by molar-refractivity contribution is 7.92. The fourth-order valence-electron chi connectivity index (χ4n) is 1.28. The van der Waals surface area contributed by atoms with Crippen LogP contribution >= 0.6 is 11.6 Å². The maximum absolute atomic E-state index is 11.5. The lowest BCUT2D eigenvalue weighted by Gasteiger charge is -2.13. The number of nitrogens with one attached hydrogen (secondary N) is 1. The molecular formula is C10H14ClNO5S. The second-order valence-electron chi connectivity index (χ2n) is 3.33. The molecule has 0 fully saturated rings. The monoisotopic (exact) mass is 295 g/mol. The minimum Gasteiger partial charge on any atom is -0.495 e. The normalized spacial score (nSPS) is 11.1. The summed E-state index contributed by atoms with van der Waals surface area (Å²) in [7, 11) is -0.797. The summed E-state index contributed by atoms with van der Waals surface area (Å²) in [4.78, 5) is 0. The Kier molecular flexibility index (Phi) is 5.06. The predicted octanol–water partition coefficient (Wildman–Crippen LogP) is 1.09. The Morgan fingerprint density at radius 1 is 1.28 bits per heavy atom. The summed E-state index contributed by atoms with van der Waals surface area (Å²) in [6.07, 6.45) is 0. The molecule has 0 saturated heterocycles. The third-order valence-corrected chi connectivity index (χ3v) is 3.65. The molecule has 0 aliphatic rings. The Morgan fingerprint density at radius 3 is 2.39 bits per heavy atom. The number of hydrogen-bond donors (Lipinski definition) is 2. The number of anilines is 1. The highest BCUT2D eigenvalue weighted by Crippen LogP contribution is 2.36. The number of hydrogen-bond acceptors (Lipinski definition) is 5. The molecule has 0 saturated carbocycles. The number of halogens is 1. The van der Waals surface area contributed by atoms with Crippen molar-refractivity contribution in [2.45, 2.75) is 0 Å². The fourth-order valence-corrected chi connectivity index (χ4v) is 2.36. The third-order valence-electron chi connectivity index (χ3n) is 2.10. The van der Waals surface area contributed by atoms with Gasteiger partial charge < -0.3 is 14.6 Å². The first-order valence-electron chi connectivity index (χ1n) is 4.96. The fraction of sp³-hybridized carbons (Fsp3) is 0.400. The van der Waals surface area contributed by atoms with Gasteiger partial charge in [-0.2, -0.15) is 0 Å². The van der Waals surface area contributed by atoms with Gasteiger partial charge in [-0.05, 0) is 6.07 Å². The van der Waals surface area contributed by atoms with Crippen LogP contribution in [0.15, 0.2) is 12.1 Å². The van der Waals surface area contributed by atoms with Crippen LogP contribution in [0.4, 0.5) is 5.69 Å². The van der Waals surface area contributed by atoms with Crippen molar-refractivity contribution in [3.8, 4) is 11.5 Å². The molecule has 8 heteroatoms. The summed E-state index contributed by atoms with van der Waals surface area (Å²) in [6, 6.07) is 2.85. The van der Waals surface area contributed by atoms with Crippen LogP contribution in [0.2, 0.25) is 5.02 Å². The van der Waals surface area contributed by atoms with Gasteiger partial charge in [-0.3, -0.25) is 4.72 Å². The number of aliphatic hydroxyl groups is 1. The molecule has 1 rings (SSSR count). The molecule has 2 N–H and O–H groups in total. The van der Waals surface area contributed by atoms with Gasteiger partial charge in [0.15, 0.2) is 0 Å². The lowest BCUT2D eigenvalue weighted by molar-refractivity contribution is 0.320. The smallest absolute Gasteiger partial charge is 0.235 e. The van der Waals surface area contributed by atoms with Crippen LogP contribution in [-0.4, -0.2) is 40.1 Å². The minimum atomic E-state index is -3.63. The van der Waals surface area contributed by atoms with Gasteiger partial charge in [0.2, 0.25) is 10.0 Å². The Bertz CT molecular complexity index is 517. The molecule has 0 unspecified atom stereocenters. The summed E-state index contributed by atoms with van der Waals surface area (Å²) >= 11 is 5.90. The number of sulfonamides is 1. The van der Waals surface area contributed by atoms with E-state index in [0.717, 1.165) is 0 Å². The van der Waals surface area contributed by atoms with Gasteiger partial charge in [-0.15, -0.1) is 0 Å². The van der Waals surface area contributed by atoms with E-state index in [1.54, 1.807) is 0 Å². The van der Waals surface area contributed by atoms with E-state index in [1.165, 1.54) is 26.4 Å². The van der Waals surface area contributed by atoms with Crippen molar-refractivity contribution in [1.82, 2.24) is 0 Å². The third kappa shape index (κ3) is 3.66. The molecule has 0 amide bonds. The van der Waals surface area contributed by atoms with E-state index in [1.807, 2.05) is 0 Å². The Balaban J connectivity index is 3.13. The summed E-state index contributed by atoms with van der Waals surface area (Å²) in [5.41, 5.74) is 0.191. The van der Waals surface area contributed by atoms with Crippen LogP contribution < -0.4 is 14.2 Å². The van der Waals surface area contributed by atoms with Crippen molar-refractivity contribution in [3.05, 3.63) is 17.2 Å². The van der Waals surface area contributed by atoms with Crippen molar-refractivity contribution >= 4 is 27.3 Å². The Hall–Kier alpha value is -1.18. The molecule has 0 radical (unpaired) electrons. The molecule has 0 spiro atoms. The van der Waals surface area contributed by atoms with Gasteiger partial charge in [-0.1, -0.05) is 11.6 Å². The second-order valence-corrected chi connectivity index (χ2v) is 5.58. The summed E-state index contributed by atoms with van der Waals surface area (Å²) < 4.78 is 35.4. The first-order chi connectivity index (χ1) is 8.43. The zero-order chi connectivity index (χ0) is 13.8. The molecule has 1 aromatic carbocycles. The standard InChI is InChI=1S/C10H14ClNO5S/c1-16-9-6-10(17-2)8(5-7(9)11)12-18(14,15)4-3-13/h5-6,12-13H,3-4H2,1-2H3. The van der Waals surface area contributed by atoms with Crippen molar-refractivity contribution in [2.75, 3.05) is 31.3 Å². The summed E-state index contributed by atoms with van der Waals surface area (Å²) in [6.45, 7) is -0.471. The largest absolute Gasteiger partial charge is 0.495 e. The van der Waals surface area contributed by atoms with Gasteiger partial charge in [0.05, 0.1) is 37.3 Å². The predicted molar refractivity (Wildman–Crippen MR) is 69.1 cm³/mol. The average Bonchev–Trinajstić information content (AvgIpc) is 2.28. The summed E-state index contributed by atoms with van der Waals surface area (Å²) in [5, 5.41) is 8.90. The molecular weight excluding hydrogens is 282 g/mol. The van der Waals surface area contributed by atoms with Crippen molar-refractivity contribution in [1.29, 1.82) is 0 Å². The van der Waals surface area contributed by atoms with Crippen LogP contribution in [0.5, 0.6) is 11.5 Å². The molecule has 0 bridgehead atoms. The molecule has 0 aromatic heterocycles. The first-order valence-corrected chi connectivity index (χ1v) is 6.99. The van der Waals surface area contributed by atoms with Gasteiger partial charge >= 0.3 is 0 Å². The lowest BCUT2D eigenvalue weighted by atomic mass is 10.3. The van der Waals surface area contributed by atoms with E-state index >= 15 is 0 Å². The zero-order valence-electron chi connectivity index (χ0n) is 9.94. The first kappa shape index (κ1) is 14.9. The van der Waals surface area contributed by atoms with Crippen LogP contribution in [0.3, 0.4) is 0 Å². The van der Waals surface area contributed by atoms with Gasteiger partial charge in [0.1, 0.15) is 11.5 Å². The second kappa shape index (κ2) is 6.12. The number of methoxy groups -OCH3 is 2. The van der Waals surface area contributed by atoms with E-state index in [-0.39, 0.29) is 16.5 Å². The van der Waals surface area contributed by atoms with Crippen LogP contribution in [0.1, 0.15) is 0 Å². The quantitative estimate of drug-likeness (QED) is 0.820. The highest BCUT2D eigenvalue weighted by Gasteiger charge is 2.15. The summed E-state index contributed by atoms with van der Waals surface area (Å²) in [5.74, 6) is 0.246.